The zero-order valence-electron chi connectivity index (χ0n) is 15.6. The van der Waals surface area contributed by atoms with Gasteiger partial charge in [-0.1, -0.05) is 0 Å². The number of nitrogens with one attached hydrogen (secondary N) is 1. The average Bonchev–Trinajstić information content (AvgIpc) is 3.09. The van der Waals surface area contributed by atoms with Gasteiger partial charge in [-0.25, -0.2) is 9.97 Å². The predicted octanol–water partition coefficient (Wildman–Crippen LogP) is 0.824. The number of rotatable bonds is 6. The number of hydrogen-bond donors (Lipinski definition) is 2. The molecule has 0 bridgehead atoms. The van der Waals surface area contributed by atoms with Crippen LogP contribution in [0.4, 0.5) is 11.6 Å². The normalized spacial score (nSPS) is 14.4. The number of benzene rings is 1. The summed E-state index contributed by atoms with van der Waals surface area (Å²) in [5.41, 5.74) is 2.32. The number of fused-ring (bicyclic) bond motifs is 1. The van der Waals surface area contributed by atoms with E-state index in [0.29, 0.717) is 37.6 Å². The Labute approximate surface area is 166 Å². The fourth-order valence-corrected chi connectivity index (χ4v) is 3.21. The SMILES string of the molecule is O=C(Nc1nc2cc(N3CCOCC3=O)ccc2n1CCCO)c1cnccn1. The Balaban J connectivity index is 1.68. The zero-order chi connectivity index (χ0) is 20.2. The van der Waals surface area contributed by atoms with Crippen LogP contribution in [0.25, 0.3) is 11.0 Å². The van der Waals surface area contributed by atoms with Gasteiger partial charge in [0.15, 0.2) is 0 Å². The lowest BCUT2D eigenvalue weighted by atomic mass is 10.2. The summed E-state index contributed by atoms with van der Waals surface area (Å²) in [5, 5.41) is 12.0. The van der Waals surface area contributed by atoms with E-state index >= 15 is 0 Å². The average molecular weight is 396 g/mol. The summed E-state index contributed by atoms with van der Waals surface area (Å²) < 4.78 is 7.01. The molecule has 2 aromatic heterocycles. The molecule has 4 rings (SSSR count). The second-order valence-corrected chi connectivity index (χ2v) is 6.48. The van der Waals surface area contributed by atoms with E-state index in [1.807, 2.05) is 22.8 Å². The number of imidazole rings is 1. The van der Waals surface area contributed by atoms with E-state index in [4.69, 9.17) is 4.74 Å². The van der Waals surface area contributed by atoms with Crippen LogP contribution in [0.5, 0.6) is 0 Å². The Morgan fingerprint density at radius 1 is 1.31 bits per heavy atom. The summed E-state index contributed by atoms with van der Waals surface area (Å²) in [4.78, 5) is 38.7. The molecule has 10 heteroatoms. The number of aromatic nitrogens is 4. The van der Waals surface area contributed by atoms with Crippen molar-refractivity contribution in [1.82, 2.24) is 19.5 Å². The van der Waals surface area contributed by atoms with Gasteiger partial charge in [0, 0.05) is 37.8 Å². The van der Waals surface area contributed by atoms with E-state index in [1.165, 1.54) is 18.6 Å². The number of morpholine rings is 1. The molecule has 0 spiro atoms. The summed E-state index contributed by atoms with van der Waals surface area (Å²) in [5.74, 6) is -0.191. The van der Waals surface area contributed by atoms with Crippen molar-refractivity contribution in [3.8, 4) is 0 Å². The van der Waals surface area contributed by atoms with Crippen molar-refractivity contribution in [3.05, 3.63) is 42.5 Å². The largest absolute Gasteiger partial charge is 0.396 e. The van der Waals surface area contributed by atoms with Crippen molar-refractivity contribution < 1.29 is 19.4 Å². The lowest BCUT2D eigenvalue weighted by Gasteiger charge is -2.26. The molecule has 0 atom stereocenters. The van der Waals surface area contributed by atoms with E-state index in [2.05, 4.69) is 20.3 Å². The summed E-state index contributed by atoms with van der Waals surface area (Å²) >= 11 is 0. The zero-order valence-corrected chi connectivity index (χ0v) is 15.6. The molecule has 150 valence electrons. The maximum Gasteiger partial charge on any atom is 0.278 e. The van der Waals surface area contributed by atoms with E-state index in [1.54, 1.807) is 4.90 Å². The minimum Gasteiger partial charge on any atom is -0.396 e. The summed E-state index contributed by atoms with van der Waals surface area (Å²) in [6, 6.07) is 5.51. The molecule has 2 amide bonds. The van der Waals surface area contributed by atoms with Crippen LogP contribution in [0.2, 0.25) is 0 Å². The fraction of sp³-hybridized carbons (Fsp3) is 0.316. The first-order valence-corrected chi connectivity index (χ1v) is 9.24. The Hall–Kier alpha value is -3.37. The Morgan fingerprint density at radius 3 is 2.97 bits per heavy atom. The number of carbonyl (C=O) groups is 2. The number of nitrogens with zero attached hydrogens (tertiary/aromatic N) is 5. The van der Waals surface area contributed by atoms with Gasteiger partial charge in [-0.3, -0.25) is 19.9 Å². The van der Waals surface area contributed by atoms with Crippen LogP contribution in [0.3, 0.4) is 0 Å². The first-order valence-electron chi connectivity index (χ1n) is 9.24. The van der Waals surface area contributed by atoms with Gasteiger partial charge < -0.3 is 19.3 Å². The van der Waals surface area contributed by atoms with Crippen molar-refractivity contribution in [2.45, 2.75) is 13.0 Å². The monoisotopic (exact) mass is 396 g/mol. The maximum absolute atomic E-state index is 12.5. The number of aliphatic hydroxyl groups excluding tert-OH is 1. The minimum absolute atomic E-state index is 0.0115. The van der Waals surface area contributed by atoms with Crippen molar-refractivity contribution in [1.29, 1.82) is 0 Å². The number of carbonyl (C=O) groups excluding carboxylic acids is 2. The molecule has 1 aliphatic heterocycles. The van der Waals surface area contributed by atoms with E-state index in [0.717, 1.165) is 11.2 Å². The summed E-state index contributed by atoms with van der Waals surface area (Å²) in [7, 11) is 0. The molecule has 10 nitrogen and oxygen atoms in total. The molecule has 0 aliphatic carbocycles. The molecule has 1 saturated heterocycles. The second-order valence-electron chi connectivity index (χ2n) is 6.48. The molecule has 3 heterocycles. The number of aryl methyl sites for hydroxylation is 1. The number of amides is 2. The van der Waals surface area contributed by atoms with E-state index < -0.39 is 5.91 Å². The lowest BCUT2D eigenvalue weighted by Crippen LogP contribution is -2.41. The third kappa shape index (κ3) is 3.93. The highest BCUT2D eigenvalue weighted by Gasteiger charge is 2.22. The van der Waals surface area contributed by atoms with Crippen LogP contribution in [-0.4, -0.2) is 62.8 Å². The molecule has 1 fully saturated rings. The number of ether oxygens (including phenoxy) is 1. The van der Waals surface area contributed by atoms with Gasteiger partial charge in [-0.15, -0.1) is 0 Å². The van der Waals surface area contributed by atoms with Crippen LogP contribution in [-0.2, 0) is 16.1 Å². The smallest absolute Gasteiger partial charge is 0.278 e. The van der Waals surface area contributed by atoms with E-state index in [9.17, 15) is 14.7 Å². The summed E-state index contributed by atoms with van der Waals surface area (Å²) in [6.07, 6.45) is 4.80. The van der Waals surface area contributed by atoms with Gasteiger partial charge in [0.05, 0.1) is 23.8 Å². The first-order chi connectivity index (χ1) is 14.2. The molecule has 3 aromatic rings. The van der Waals surface area contributed by atoms with Crippen molar-refractivity contribution in [2.75, 3.05) is 36.6 Å². The second kappa shape index (κ2) is 8.33. The van der Waals surface area contributed by atoms with Crippen molar-refractivity contribution in [3.63, 3.8) is 0 Å². The van der Waals surface area contributed by atoms with Gasteiger partial charge in [0.2, 0.25) is 5.95 Å². The van der Waals surface area contributed by atoms with Gasteiger partial charge in [-0.05, 0) is 24.6 Å². The third-order valence-corrected chi connectivity index (χ3v) is 4.59. The molecule has 1 aliphatic rings. The fourth-order valence-electron chi connectivity index (χ4n) is 3.21. The standard InChI is InChI=1S/C19H20N6O4/c26-8-1-6-25-16-3-2-13(24-7-9-29-12-17(24)27)10-14(16)22-19(25)23-18(28)15-11-20-4-5-21-15/h2-5,10-11,26H,1,6-9,12H2,(H,22,23,28). The van der Waals surface area contributed by atoms with Gasteiger partial charge in [-0.2, -0.15) is 0 Å². The van der Waals surface area contributed by atoms with Crippen LogP contribution < -0.4 is 10.2 Å². The van der Waals surface area contributed by atoms with Gasteiger partial charge in [0.25, 0.3) is 11.8 Å². The molecule has 0 radical (unpaired) electrons. The molecule has 2 N–H and O–H groups in total. The number of anilines is 2. The quantitative estimate of drug-likeness (QED) is 0.632. The van der Waals surface area contributed by atoms with Crippen LogP contribution >= 0.6 is 0 Å². The maximum atomic E-state index is 12.5. The first kappa shape index (κ1) is 19.0. The number of hydrogen-bond acceptors (Lipinski definition) is 7. The van der Waals surface area contributed by atoms with Crippen molar-refractivity contribution in [2.24, 2.45) is 0 Å². The minimum atomic E-state index is -0.428. The van der Waals surface area contributed by atoms with Crippen molar-refractivity contribution >= 4 is 34.5 Å². The molecule has 29 heavy (non-hydrogen) atoms. The third-order valence-electron chi connectivity index (χ3n) is 4.59. The van der Waals surface area contributed by atoms with Gasteiger partial charge in [0.1, 0.15) is 12.3 Å². The molecule has 0 saturated carbocycles. The van der Waals surface area contributed by atoms with Crippen LogP contribution in [0.15, 0.2) is 36.8 Å². The number of aliphatic hydroxyl groups is 1. The highest BCUT2D eigenvalue weighted by Crippen LogP contribution is 2.26. The van der Waals surface area contributed by atoms with Crippen LogP contribution in [0.1, 0.15) is 16.9 Å². The molecular formula is C19H20N6O4. The van der Waals surface area contributed by atoms with E-state index in [-0.39, 0.29) is 24.8 Å². The molecular weight excluding hydrogens is 376 g/mol. The Bertz CT molecular complexity index is 1040. The highest BCUT2D eigenvalue weighted by molar-refractivity contribution is 6.03. The summed E-state index contributed by atoms with van der Waals surface area (Å²) in [6.45, 7) is 1.50. The highest BCUT2D eigenvalue weighted by atomic mass is 16.5. The predicted molar refractivity (Wildman–Crippen MR) is 105 cm³/mol. The molecule has 1 aromatic carbocycles. The Morgan fingerprint density at radius 2 is 2.21 bits per heavy atom. The Kier molecular flexibility index (Phi) is 5.45. The molecule has 0 unspecified atom stereocenters. The lowest BCUT2D eigenvalue weighted by molar-refractivity contribution is -0.125. The van der Waals surface area contributed by atoms with Crippen LogP contribution in [0, 0.1) is 0 Å². The topological polar surface area (TPSA) is 122 Å². The van der Waals surface area contributed by atoms with Gasteiger partial charge >= 0.3 is 0 Å².